The van der Waals surface area contributed by atoms with Crippen LogP contribution >= 0.6 is 12.4 Å². The van der Waals surface area contributed by atoms with Gasteiger partial charge in [-0.2, -0.15) is 0 Å². The molecule has 2 N–H and O–H groups in total. The van der Waals surface area contributed by atoms with Crippen LogP contribution in [0.2, 0.25) is 0 Å². The maximum absolute atomic E-state index is 12.8. The van der Waals surface area contributed by atoms with Crippen molar-refractivity contribution in [3.05, 3.63) is 59.9 Å². The molecule has 28 heavy (non-hydrogen) atoms. The van der Waals surface area contributed by atoms with Crippen LogP contribution < -0.4 is 10.0 Å². The zero-order chi connectivity index (χ0) is 18.9. The van der Waals surface area contributed by atoms with E-state index in [9.17, 15) is 13.2 Å². The van der Waals surface area contributed by atoms with Crippen LogP contribution in [0.3, 0.4) is 0 Å². The Kier molecular flexibility index (Phi) is 5.97. The summed E-state index contributed by atoms with van der Waals surface area (Å²) in [7, 11) is -3.61. The molecule has 148 valence electrons. The first-order valence-electron chi connectivity index (χ1n) is 8.63. The van der Waals surface area contributed by atoms with Crippen LogP contribution in [0.5, 0.6) is 0 Å². The molecule has 1 fully saturated rings. The lowest BCUT2D eigenvalue weighted by Gasteiger charge is -2.36. The van der Waals surface area contributed by atoms with Crippen LogP contribution in [0.4, 0.5) is 0 Å². The van der Waals surface area contributed by atoms with E-state index in [0.29, 0.717) is 25.2 Å². The smallest absolute Gasteiger partial charge is 0.263 e. The minimum Gasteiger partial charge on any atom is -0.331 e. The lowest BCUT2D eigenvalue weighted by molar-refractivity contribution is -0.132. The number of nitrogens with one attached hydrogen (secondary N) is 2. The predicted octanol–water partition coefficient (Wildman–Crippen LogP) is 0.715. The van der Waals surface area contributed by atoms with Gasteiger partial charge in [0.15, 0.2) is 0 Å². The number of aromatic nitrogens is 1. The van der Waals surface area contributed by atoms with E-state index in [2.05, 4.69) is 20.0 Å². The van der Waals surface area contributed by atoms with Gasteiger partial charge in [-0.3, -0.25) is 19.5 Å². The summed E-state index contributed by atoms with van der Waals surface area (Å²) in [5, 5.41) is 3.29. The molecule has 0 aliphatic carbocycles. The van der Waals surface area contributed by atoms with Crippen molar-refractivity contribution >= 4 is 34.2 Å². The molecule has 2 aromatic rings. The van der Waals surface area contributed by atoms with E-state index < -0.39 is 10.0 Å². The maximum Gasteiger partial charge on any atom is 0.263 e. The molecule has 2 aliphatic rings. The highest BCUT2D eigenvalue weighted by atomic mass is 35.5. The van der Waals surface area contributed by atoms with E-state index in [1.54, 1.807) is 35.5 Å². The van der Waals surface area contributed by atoms with E-state index in [4.69, 9.17) is 0 Å². The Morgan fingerprint density at radius 3 is 2.86 bits per heavy atom. The van der Waals surface area contributed by atoms with Gasteiger partial charge in [0.05, 0.1) is 10.9 Å². The average Bonchev–Trinajstić information content (AvgIpc) is 2.97. The molecule has 0 spiro atoms. The fourth-order valence-electron chi connectivity index (χ4n) is 3.36. The number of halogens is 1. The van der Waals surface area contributed by atoms with Crippen LogP contribution in [-0.4, -0.2) is 56.2 Å². The molecule has 1 saturated heterocycles. The number of rotatable bonds is 3. The highest BCUT2D eigenvalue weighted by Crippen LogP contribution is 2.23. The van der Waals surface area contributed by atoms with Crippen molar-refractivity contribution in [2.45, 2.75) is 10.9 Å². The van der Waals surface area contributed by atoms with E-state index in [-0.39, 0.29) is 41.6 Å². The predicted molar refractivity (Wildman–Crippen MR) is 107 cm³/mol. The molecular weight excluding hydrogens is 402 g/mol. The van der Waals surface area contributed by atoms with Crippen LogP contribution in [0.15, 0.2) is 58.7 Å². The zero-order valence-electron chi connectivity index (χ0n) is 14.9. The molecule has 1 aromatic carbocycles. The number of sulfonamides is 1. The van der Waals surface area contributed by atoms with Gasteiger partial charge in [-0.25, -0.2) is 8.42 Å². The third-order valence-electron chi connectivity index (χ3n) is 4.67. The van der Waals surface area contributed by atoms with Crippen molar-refractivity contribution in [1.29, 1.82) is 0 Å². The quantitative estimate of drug-likeness (QED) is 0.759. The van der Waals surface area contributed by atoms with Crippen molar-refractivity contribution in [3.63, 3.8) is 0 Å². The fourth-order valence-corrected chi connectivity index (χ4v) is 4.61. The summed E-state index contributed by atoms with van der Waals surface area (Å²) in [6, 6.07) is 10.3. The third kappa shape index (κ3) is 3.87. The molecule has 1 atom stereocenters. The molecule has 1 unspecified atom stereocenters. The number of benzene rings is 1. The number of carbonyl (C=O) groups is 1. The van der Waals surface area contributed by atoms with Gasteiger partial charge >= 0.3 is 0 Å². The summed E-state index contributed by atoms with van der Waals surface area (Å²) >= 11 is 0. The molecule has 3 heterocycles. The number of nitrogens with zero attached hydrogens (tertiary/aromatic N) is 3. The number of carbonyl (C=O) groups excluding carboxylic acids is 1. The second kappa shape index (κ2) is 8.26. The van der Waals surface area contributed by atoms with Gasteiger partial charge in [0.2, 0.25) is 5.91 Å². The molecule has 2 aliphatic heterocycles. The minimum atomic E-state index is -3.61. The SMILES string of the molecule is Cl.O=C(CN=C1NS(=O)(=O)c2ccccc21)N1CCNCC1c1cccnc1. The van der Waals surface area contributed by atoms with Crippen molar-refractivity contribution < 1.29 is 13.2 Å². The van der Waals surface area contributed by atoms with Gasteiger partial charge in [0.25, 0.3) is 10.0 Å². The van der Waals surface area contributed by atoms with E-state index in [1.807, 2.05) is 12.1 Å². The van der Waals surface area contributed by atoms with Crippen molar-refractivity contribution in [3.8, 4) is 0 Å². The van der Waals surface area contributed by atoms with E-state index in [1.165, 1.54) is 6.07 Å². The average molecular weight is 422 g/mol. The summed E-state index contributed by atoms with van der Waals surface area (Å²) in [6.45, 7) is 1.78. The minimum absolute atomic E-state index is 0. The van der Waals surface area contributed by atoms with E-state index >= 15 is 0 Å². The number of fused-ring (bicyclic) bond motifs is 1. The Labute approximate surface area is 169 Å². The Morgan fingerprint density at radius 1 is 1.25 bits per heavy atom. The van der Waals surface area contributed by atoms with Crippen LogP contribution in [0.1, 0.15) is 17.2 Å². The fraction of sp³-hybridized carbons (Fsp3) is 0.278. The molecule has 0 bridgehead atoms. The Morgan fingerprint density at radius 2 is 2.07 bits per heavy atom. The van der Waals surface area contributed by atoms with Crippen LogP contribution in [0, 0.1) is 0 Å². The second-order valence-electron chi connectivity index (χ2n) is 6.36. The highest BCUT2D eigenvalue weighted by Gasteiger charge is 2.31. The van der Waals surface area contributed by atoms with Gasteiger partial charge < -0.3 is 10.2 Å². The molecular formula is C18H20ClN5O3S. The Balaban J connectivity index is 0.00000225. The lowest BCUT2D eigenvalue weighted by Crippen LogP contribution is -2.49. The number of hydrogen-bond donors (Lipinski definition) is 2. The zero-order valence-corrected chi connectivity index (χ0v) is 16.5. The largest absolute Gasteiger partial charge is 0.331 e. The van der Waals surface area contributed by atoms with Crippen molar-refractivity contribution in [1.82, 2.24) is 19.9 Å². The van der Waals surface area contributed by atoms with Crippen LogP contribution in [0.25, 0.3) is 0 Å². The first-order chi connectivity index (χ1) is 13.1. The van der Waals surface area contributed by atoms with Crippen LogP contribution in [-0.2, 0) is 14.8 Å². The Bertz CT molecular complexity index is 997. The first-order valence-corrected chi connectivity index (χ1v) is 10.1. The molecule has 10 heteroatoms. The monoisotopic (exact) mass is 421 g/mol. The number of pyridine rings is 1. The summed E-state index contributed by atoms with van der Waals surface area (Å²) in [5.74, 6) is 0.0634. The standard InChI is InChI=1S/C18H19N5O3S.ClH/c24-17(23-9-8-20-11-15(23)13-4-3-7-19-10-13)12-21-18-14-5-1-2-6-16(14)27(25,26)22-18;/h1-7,10,15,20H,8-9,11-12H2,(H,21,22);1H. The Hall–Kier alpha value is -2.49. The molecule has 0 radical (unpaired) electrons. The van der Waals surface area contributed by atoms with Gasteiger partial charge in [-0.15, -0.1) is 12.4 Å². The number of amidine groups is 1. The summed E-state index contributed by atoms with van der Waals surface area (Å²) in [5.41, 5.74) is 1.45. The van der Waals surface area contributed by atoms with Gasteiger partial charge in [-0.05, 0) is 23.8 Å². The first kappa shape index (κ1) is 20.2. The maximum atomic E-state index is 12.8. The number of aliphatic imine (C=N–C) groups is 1. The molecule has 8 nitrogen and oxygen atoms in total. The molecule has 4 rings (SSSR count). The number of hydrogen-bond acceptors (Lipinski definition) is 6. The number of piperazine rings is 1. The second-order valence-corrected chi connectivity index (χ2v) is 8.01. The summed E-state index contributed by atoms with van der Waals surface area (Å²) in [6.07, 6.45) is 3.45. The third-order valence-corrected chi connectivity index (χ3v) is 6.07. The van der Waals surface area contributed by atoms with Gasteiger partial charge in [0, 0.05) is 37.6 Å². The van der Waals surface area contributed by atoms with Crippen molar-refractivity contribution in [2.75, 3.05) is 26.2 Å². The van der Waals surface area contributed by atoms with E-state index in [0.717, 1.165) is 5.56 Å². The van der Waals surface area contributed by atoms with Gasteiger partial charge in [0.1, 0.15) is 12.4 Å². The summed E-state index contributed by atoms with van der Waals surface area (Å²) in [4.78, 5) is 23.2. The topological polar surface area (TPSA) is 104 Å². The highest BCUT2D eigenvalue weighted by molar-refractivity contribution is 7.90. The molecule has 0 saturated carbocycles. The number of amides is 1. The van der Waals surface area contributed by atoms with Crippen molar-refractivity contribution in [2.24, 2.45) is 4.99 Å². The molecule has 1 amide bonds. The van der Waals surface area contributed by atoms with Gasteiger partial charge in [-0.1, -0.05) is 18.2 Å². The lowest BCUT2D eigenvalue weighted by atomic mass is 10.1. The molecule has 1 aromatic heterocycles. The normalized spacial score (nSPS) is 21.5. The summed E-state index contributed by atoms with van der Waals surface area (Å²) < 4.78 is 26.7.